The predicted molar refractivity (Wildman–Crippen MR) is 114 cm³/mol. The number of nitrogens with one attached hydrogen (secondary N) is 1. The molecule has 0 saturated carbocycles. The number of carbonyl (C=O) groups is 1. The molecule has 0 saturated heterocycles. The van der Waals surface area contributed by atoms with Crippen molar-refractivity contribution in [2.45, 2.75) is 10.8 Å². The van der Waals surface area contributed by atoms with Gasteiger partial charge in [-0.2, -0.15) is 0 Å². The van der Waals surface area contributed by atoms with Gasteiger partial charge in [0.1, 0.15) is 5.03 Å². The standard InChI is InChI=1S/C22H18N4OS/c23-16-5-3-6-17(13-16)26-21(27)19-8-4-11-25-22(19)28-14-15-10-12-24-20-9-2-1-7-18(15)20/h1-13H,14,23H2,(H,26,27). The first kappa shape index (κ1) is 18.0. The number of aromatic nitrogens is 2. The predicted octanol–water partition coefficient (Wildman–Crippen LogP) is 4.76. The van der Waals surface area contributed by atoms with Gasteiger partial charge in [-0.1, -0.05) is 24.3 Å². The Bertz CT molecular complexity index is 1140. The van der Waals surface area contributed by atoms with E-state index >= 15 is 0 Å². The van der Waals surface area contributed by atoms with E-state index in [1.54, 1.807) is 42.6 Å². The molecule has 0 aliphatic heterocycles. The SMILES string of the molecule is Nc1cccc(NC(=O)c2cccnc2SCc2ccnc3ccccc23)c1. The van der Waals surface area contributed by atoms with Crippen LogP contribution in [-0.2, 0) is 5.75 Å². The van der Waals surface area contributed by atoms with E-state index in [4.69, 9.17) is 5.73 Å². The Morgan fingerprint density at radius 3 is 2.75 bits per heavy atom. The number of hydrogen-bond donors (Lipinski definition) is 2. The normalized spacial score (nSPS) is 10.7. The number of hydrogen-bond acceptors (Lipinski definition) is 5. The number of amides is 1. The van der Waals surface area contributed by atoms with Gasteiger partial charge < -0.3 is 11.1 Å². The Labute approximate surface area is 167 Å². The van der Waals surface area contributed by atoms with Crippen LogP contribution >= 0.6 is 11.8 Å². The van der Waals surface area contributed by atoms with Gasteiger partial charge in [-0.3, -0.25) is 9.78 Å². The molecule has 0 aliphatic carbocycles. The Balaban J connectivity index is 1.55. The molecule has 0 spiro atoms. The summed E-state index contributed by atoms with van der Waals surface area (Å²) in [5.41, 5.74) is 9.70. The summed E-state index contributed by atoms with van der Waals surface area (Å²) in [5.74, 6) is 0.485. The molecule has 3 N–H and O–H groups in total. The molecule has 138 valence electrons. The van der Waals surface area contributed by atoms with Gasteiger partial charge in [-0.05, 0) is 48.0 Å². The van der Waals surface area contributed by atoms with Crippen LogP contribution < -0.4 is 11.1 Å². The number of anilines is 2. The lowest BCUT2D eigenvalue weighted by molar-refractivity contribution is 0.102. The van der Waals surface area contributed by atoms with Crippen LogP contribution in [0.15, 0.2) is 84.1 Å². The van der Waals surface area contributed by atoms with Gasteiger partial charge in [0.2, 0.25) is 0 Å². The molecule has 0 radical (unpaired) electrons. The lowest BCUT2D eigenvalue weighted by atomic mass is 10.1. The van der Waals surface area contributed by atoms with Crippen LogP contribution in [0.4, 0.5) is 11.4 Å². The smallest absolute Gasteiger partial charge is 0.258 e. The number of carbonyl (C=O) groups excluding carboxylic acids is 1. The van der Waals surface area contributed by atoms with Crippen molar-refractivity contribution in [2.75, 3.05) is 11.1 Å². The third-order valence-electron chi connectivity index (χ3n) is 4.26. The molecular weight excluding hydrogens is 368 g/mol. The third kappa shape index (κ3) is 3.97. The maximum absolute atomic E-state index is 12.8. The molecule has 0 unspecified atom stereocenters. The highest BCUT2D eigenvalue weighted by Crippen LogP contribution is 2.28. The highest BCUT2D eigenvalue weighted by atomic mass is 32.2. The maximum atomic E-state index is 12.8. The zero-order chi connectivity index (χ0) is 19.3. The van der Waals surface area contributed by atoms with Crippen LogP contribution in [0.25, 0.3) is 10.9 Å². The topological polar surface area (TPSA) is 80.9 Å². The number of benzene rings is 2. The maximum Gasteiger partial charge on any atom is 0.258 e. The van der Waals surface area contributed by atoms with Crippen molar-refractivity contribution in [3.8, 4) is 0 Å². The lowest BCUT2D eigenvalue weighted by Crippen LogP contribution is -2.13. The van der Waals surface area contributed by atoms with Gasteiger partial charge in [-0.15, -0.1) is 11.8 Å². The molecule has 0 atom stereocenters. The molecule has 2 aromatic carbocycles. The molecule has 0 bridgehead atoms. The molecule has 1 amide bonds. The third-order valence-corrected chi connectivity index (χ3v) is 5.32. The lowest BCUT2D eigenvalue weighted by Gasteiger charge is -2.10. The summed E-state index contributed by atoms with van der Waals surface area (Å²) in [5, 5.41) is 4.68. The fraction of sp³-hybridized carbons (Fsp3) is 0.0455. The van der Waals surface area contributed by atoms with Gasteiger partial charge in [0.25, 0.3) is 5.91 Å². The average Bonchev–Trinajstić information content (AvgIpc) is 2.72. The monoisotopic (exact) mass is 386 g/mol. The van der Waals surface area contributed by atoms with Crippen LogP contribution in [0.5, 0.6) is 0 Å². The second kappa shape index (κ2) is 8.10. The van der Waals surface area contributed by atoms with Crippen molar-refractivity contribution in [2.24, 2.45) is 0 Å². The number of thioether (sulfide) groups is 1. The largest absolute Gasteiger partial charge is 0.399 e. The van der Waals surface area contributed by atoms with Crippen molar-refractivity contribution in [3.05, 3.63) is 90.3 Å². The fourth-order valence-corrected chi connectivity index (χ4v) is 3.92. The quantitative estimate of drug-likeness (QED) is 0.382. The zero-order valence-corrected chi connectivity index (χ0v) is 15.8. The Kier molecular flexibility index (Phi) is 5.21. The molecule has 4 rings (SSSR count). The second-order valence-corrected chi connectivity index (χ2v) is 7.18. The summed E-state index contributed by atoms with van der Waals surface area (Å²) in [6.07, 6.45) is 3.51. The molecule has 2 heterocycles. The Morgan fingerprint density at radius 2 is 1.86 bits per heavy atom. The molecule has 0 fully saturated rings. The van der Waals surface area contributed by atoms with Crippen LogP contribution in [0.1, 0.15) is 15.9 Å². The van der Waals surface area contributed by atoms with Crippen LogP contribution in [-0.4, -0.2) is 15.9 Å². The zero-order valence-electron chi connectivity index (χ0n) is 15.0. The number of pyridine rings is 2. The van der Waals surface area contributed by atoms with Gasteiger partial charge in [0.15, 0.2) is 0 Å². The number of nitrogens with two attached hydrogens (primary N) is 1. The number of nitrogen functional groups attached to an aromatic ring is 1. The van der Waals surface area contributed by atoms with E-state index in [0.29, 0.717) is 27.7 Å². The first-order valence-corrected chi connectivity index (χ1v) is 9.76. The molecule has 28 heavy (non-hydrogen) atoms. The summed E-state index contributed by atoms with van der Waals surface area (Å²) in [4.78, 5) is 21.6. The summed E-state index contributed by atoms with van der Waals surface area (Å²) >= 11 is 1.53. The van der Waals surface area contributed by atoms with Crippen LogP contribution in [0, 0.1) is 0 Å². The minimum Gasteiger partial charge on any atom is -0.399 e. The van der Waals surface area contributed by atoms with E-state index in [-0.39, 0.29) is 5.91 Å². The molecule has 0 aliphatic rings. The summed E-state index contributed by atoms with van der Waals surface area (Å²) < 4.78 is 0. The summed E-state index contributed by atoms with van der Waals surface area (Å²) in [7, 11) is 0. The second-order valence-electron chi connectivity index (χ2n) is 6.21. The van der Waals surface area contributed by atoms with Crippen LogP contribution in [0.3, 0.4) is 0 Å². The van der Waals surface area contributed by atoms with Crippen molar-refractivity contribution in [1.82, 2.24) is 9.97 Å². The number of para-hydroxylation sites is 1. The highest BCUT2D eigenvalue weighted by molar-refractivity contribution is 7.98. The van der Waals surface area contributed by atoms with Gasteiger partial charge in [0, 0.05) is 34.9 Å². The van der Waals surface area contributed by atoms with Gasteiger partial charge in [0.05, 0.1) is 11.1 Å². The van der Waals surface area contributed by atoms with E-state index in [0.717, 1.165) is 16.5 Å². The number of fused-ring (bicyclic) bond motifs is 1. The van der Waals surface area contributed by atoms with Crippen molar-refractivity contribution in [1.29, 1.82) is 0 Å². The summed E-state index contributed by atoms with van der Waals surface area (Å²) in [6, 6.07) is 20.7. The minimum atomic E-state index is -0.208. The first-order valence-electron chi connectivity index (χ1n) is 8.78. The minimum absolute atomic E-state index is 0.208. The number of rotatable bonds is 5. The first-order chi connectivity index (χ1) is 13.7. The van der Waals surface area contributed by atoms with E-state index in [1.807, 2.05) is 30.5 Å². The van der Waals surface area contributed by atoms with Gasteiger partial charge in [-0.25, -0.2) is 4.98 Å². The van der Waals surface area contributed by atoms with Crippen molar-refractivity contribution in [3.63, 3.8) is 0 Å². The number of nitrogens with zero attached hydrogens (tertiary/aromatic N) is 2. The Hall–Kier alpha value is -3.38. The average molecular weight is 386 g/mol. The van der Waals surface area contributed by atoms with Gasteiger partial charge >= 0.3 is 0 Å². The van der Waals surface area contributed by atoms with E-state index in [1.165, 1.54) is 11.8 Å². The fourth-order valence-electron chi connectivity index (χ4n) is 2.92. The van der Waals surface area contributed by atoms with Crippen molar-refractivity contribution < 1.29 is 4.79 Å². The molecule has 2 aromatic heterocycles. The van der Waals surface area contributed by atoms with E-state index in [9.17, 15) is 4.79 Å². The summed E-state index contributed by atoms with van der Waals surface area (Å²) in [6.45, 7) is 0. The van der Waals surface area contributed by atoms with E-state index in [2.05, 4.69) is 21.4 Å². The molecule has 5 nitrogen and oxygen atoms in total. The van der Waals surface area contributed by atoms with Crippen molar-refractivity contribution >= 4 is 39.9 Å². The highest BCUT2D eigenvalue weighted by Gasteiger charge is 2.14. The van der Waals surface area contributed by atoms with Crippen LogP contribution in [0.2, 0.25) is 0 Å². The Morgan fingerprint density at radius 1 is 0.964 bits per heavy atom. The molecular formula is C22H18N4OS. The molecule has 4 aromatic rings. The molecule has 6 heteroatoms. The van der Waals surface area contributed by atoms with E-state index < -0.39 is 0 Å².